The Labute approximate surface area is 143 Å². The molecule has 1 aliphatic carbocycles. The third-order valence-corrected chi connectivity index (χ3v) is 4.71. The monoisotopic (exact) mass is 324 g/mol. The van der Waals surface area contributed by atoms with Gasteiger partial charge in [0.2, 0.25) is 0 Å². The average Bonchev–Trinajstić information content (AvgIpc) is 3.42. The number of aryl methyl sites for hydroxylation is 1. The molecule has 0 radical (unpaired) electrons. The van der Waals surface area contributed by atoms with Crippen LogP contribution in [0.3, 0.4) is 0 Å². The van der Waals surface area contributed by atoms with E-state index in [4.69, 9.17) is 4.74 Å². The summed E-state index contributed by atoms with van der Waals surface area (Å²) >= 11 is 0. The molecule has 3 rings (SSSR count). The van der Waals surface area contributed by atoms with E-state index in [0.29, 0.717) is 5.92 Å². The SMILES string of the molecule is COc1ccc(C(NC(=O)Nc2cccc(C)c2C)C2CC2)cc1. The van der Waals surface area contributed by atoms with E-state index in [-0.39, 0.29) is 12.1 Å². The fourth-order valence-corrected chi connectivity index (χ4v) is 2.90. The Bertz CT molecular complexity index is 721. The molecule has 0 aliphatic heterocycles. The molecule has 1 unspecified atom stereocenters. The number of anilines is 1. The van der Waals surface area contributed by atoms with Gasteiger partial charge in [0.15, 0.2) is 0 Å². The summed E-state index contributed by atoms with van der Waals surface area (Å²) in [6.07, 6.45) is 2.31. The first-order valence-corrected chi connectivity index (χ1v) is 8.36. The summed E-state index contributed by atoms with van der Waals surface area (Å²) in [6, 6.07) is 13.8. The first kappa shape index (κ1) is 16.4. The van der Waals surface area contributed by atoms with Gasteiger partial charge < -0.3 is 15.4 Å². The van der Waals surface area contributed by atoms with Gasteiger partial charge in [0, 0.05) is 5.69 Å². The number of rotatable bonds is 5. The summed E-state index contributed by atoms with van der Waals surface area (Å²) in [4.78, 5) is 12.5. The molecule has 1 fully saturated rings. The normalized spacial score (nSPS) is 14.8. The Kier molecular flexibility index (Phi) is 4.74. The zero-order chi connectivity index (χ0) is 17.1. The molecular weight excluding hydrogens is 300 g/mol. The Balaban J connectivity index is 1.71. The quantitative estimate of drug-likeness (QED) is 0.845. The summed E-state index contributed by atoms with van der Waals surface area (Å²) in [5.74, 6) is 1.34. The number of urea groups is 1. The van der Waals surface area contributed by atoms with Crippen molar-refractivity contribution in [2.75, 3.05) is 12.4 Å². The van der Waals surface area contributed by atoms with Crippen LogP contribution < -0.4 is 15.4 Å². The molecule has 2 amide bonds. The number of hydrogen-bond donors (Lipinski definition) is 2. The predicted octanol–water partition coefficient (Wildman–Crippen LogP) is 4.58. The fraction of sp³-hybridized carbons (Fsp3) is 0.350. The lowest BCUT2D eigenvalue weighted by Gasteiger charge is -2.20. The highest BCUT2D eigenvalue weighted by atomic mass is 16.5. The summed E-state index contributed by atoms with van der Waals surface area (Å²) in [6.45, 7) is 4.07. The van der Waals surface area contributed by atoms with E-state index in [9.17, 15) is 4.79 Å². The van der Waals surface area contributed by atoms with Crippen molar-refractivity contribution in [2.24, 2.45) is 5.92 Å². The number of benzene rings is 2. The van der Waals surface area contributed by atoms with Crippen molar-refractivity contribution in [2.45, 2.75) is 32.7 Å². The van der Waals surface area contributed by atoms with Crippen LogP contribution in [0.25, 0.3) is 0 Å². The van der Waals surface area contributed by atoms with E-state index in [2.05, 4.69) is 10.6 Å². The number of amides is 2. The zero-order valence-electron chi connectivity index (χ0n) is 14.4. The Morgan fingerprint density at radius 3 is 2.46 bits per heavy atom. The Morgan fingerprint density at radius 1 is 1.12 bits per heavy atom. The number of carbonyl (C=O) groups excluding carboxylic acids is 1. The van der Waals surface area contributed by atoms with Gasteiger partial charge in [-0.25, -0.2) is 4.79 Å². The van der Waals surface area contributed by atoms with Crippen LogP contribution in [0.4, 0.5) is 10.5 Å². The first-order chi connectivity index (χ1) is 11.6. The molecule has 126 valence electrons. The van der Waals surface area contributed by atoms with Crippen LogP contribution in [0, 0.1) is 19.8 Å². The second kappa shape index (κ2) is 6.95. The highest BCUT2D eigenvalue weighted by Gasteiger charge is 2.33. The van der Waals surface area contributed by atoms with Gasteiger partial charge in [-0.05, 0) is 67.5 Å². The van der Waals surface area contributed by atoms with Crippen LogP contribution in [0.1, 0.15) is 35.6 Å². The Morgan fingerprint density at radius 2 is 1.83 bits per heavy atom. The Hall–Kier alpha value is -2.49. The minimum absolute atomic E-state index is 0.0426. The second-order valence-corrected chi connectivity index (χ2v) is 6.43. The molecule has 0 saturated heterocycles. The molecule has 1 saturated carbocycles. The van der Waals surface area contributed by atoms with E-state index in [1.807, 2.05) is 56.3 Å². The van der Waals surface area contributed by atoms with E-state index in [1.54, 1.807) is 7.11 Å². The smallest absolute Gasteiger partial charge is 0.319 e. The van der Waals surface area contributed by atoms with Gasteiger partial charge in [0.1, 0.15) is 5.75 Å². The number of hydrogen-bond acceptors (Lipinski definition) is 2. The van der Waals surface area contributed by atoms with Crippen molar-refractivity contribution in [3.63, 3.8) is 0 Å². The lowest BCUT2D eigenvalue weighted by molar-refractivity contribution is 0.247. The fourth-order valence-electron chi connectivity index (χ4n) is 2.90. The van der Waals surface area contributed by atoms with Gasteiger partial charge in [-0.3, -0.25) is 0 Å². The highest BCUT2D eigenvalue weighted by Crippen LogP contribution is 2.41. The summed E-state index contributed by atoms with van der Waals surface area (Å²) in [5.41, 5.74) is 4.24. The number of nitrogens with one attached hydrogen (secondary N) is 2. The number of carbonyl (C=O) groups is 1. The van der Waals surface area contributed by atoms with Crippen molar-refractivity contribution >= 4 is 11.7 Å². The van der Waals surface area contributed by atoms with Crippen molar-refractivity contribution in [3.8, 4) is 5.75 Å². The maximum absolute atomic E-state index is 12.5. The molecule has 0 heterocycles. The molecule has 1 aliphatic rings. The molecule has 0 spiro atoms. The molecule has 2 aromatic carbocycles. The van der Waals surface area contributed by atoms with Crippen LogP contribution in [-0.4, -0.2) is 13.1 Å². The minimum atomic E-state index is -0.156. The van der Waals surface area contributed by atoms with E-state index in [1.165, 1.54) is 5.56 Å². The van der Waals surface area contributed by atoms with Crippen LogP contribution in [0.15, 0.2) is 42.5 Å². The van der Waals surface area contributed by atoms with Gasteiger partial charge in [-0.2, -0.15) is 0 Å². The molecule has 2 aromatic rings. The highest BCUT2D eigenvalue weighted by molar-refractivity contribution is 5.90. The van der Waals surface area contributed by atoms with Gasteiger partial charge >= 0.3 is 6.03 Å². The van der Waals surface area contributed by atoms with E-state index in [0.717, 1.165) is 35.4 Å². The topological polar surface area (TPSA) is 50.4 Å². The molecular formula is C20H24N2O2. The van der Waals surface area contributed by atoms with E-state index < -0.39 is 0 Å². The largest absolute Gasteiger partial charge is 0.497 e. The minimum Gasteiger partial charge on any atom is -0.497 e. The van der Waals surface area contributed by atoms with Crippen molar-refractivity contribution < 1.29 is 9.53 Å². The first-order valence-electron chi connectivity index (χ1n) is 8.36. The maximum Gasteiger partial charge on any atom is 0.319 e. The third-order valence-electron chi connectivity index (χ3n) is 4.71. The molecule has 4 nitrogen and oxygen atoms in total. The molecule has 0 aromatic heterocycles. The lowest BCUT2D eigenvalue weighted by atomic mass is 10.0. The van der Waals surface area contributed by atoms with Crippen LogP contribution in [-0.2, 0) is 0 Å². The van der Waals surface area contributed by atoms with E-state index >= 15 is 0 Å². The molecule has 0 bridgehead atoms. The van der Waals surface area contributed by atoms with Crippen molar-refractivity contribution in [1.82, 2.24) is 5.32 Å². The average molecular weight is 324 g/mol. The van der Waals surface area contributed by atoms with Gasteiger partial charge in [0.05, 0.1) is 13.2 Å². The number of ether oxygens (including phenoxy) is 1. The van der Waals surface area contributed by atoms with Gasteiger partial charge in [-0.15, -0.1) is 0 Å². The lowest BCUT2D eigenvalue weighted by Crippen LogP contribution is -2.33. The summed E-state index contributed by atoms with van der Waals surface area (Å²) in [5, 5.41) is 6.12. The van der Waals surface area contributed by atoms with Gasteiger partial charge in [-0.1, -0.05) is 24.3 Å². The summed E-state index contributed by atoms with van der Waals surface area (Å²) in [7, 11) is 1.66. The standard InChI is InChI=1S/C20H24N2O2/c1-13-5-4-6-18(14(13)2)21-20(23)22-19(15-7-8-15)16-9-11-17(24-3)12-10-16/h4-6,9-12,15,19H,7-8H2,1-3H3,(H2,21,22,23). The summed E-state index contributed by atoms with van der Waals surface area (Å²) < 4.78 is 5.21. The van der Waals surface area contributed by atoms with Crippen molar-refractivity contribution in [1.29, 1.82) is 0 Å². The third kappa shape index (κ3) is 3.70. The van der Waals surface area contributed by atoms with Crippen molar-refractivity contribution in [3.05, 3.63) is 59.2 Å². The van der Waals surface area contributed by atoms with Gasteiger partial charge in [0.25, 0.3) is 0 Å². The number of methoxy groups -OCH3 is 1. The molecule has 2 N–H and O–H groups in total. The zero-order valence-corrected chi connectivity index (χ0v) is 14.4. The van der Waals surface area contributed by atoms with Crippen LogP contribution in [0.5, 0.6) is 5.75 Å². The second-order valence-electron chi connectivity index (χ2n) is 6.43. The molecule has 24 heavy (non-hydrogen) atoms. The van der Waals surface area contributed by atoms with Crippen LogP contribution >= 0.6 is 0 Å². The molecule has 1 atom stereocenters. The molecule has 4 heteroatoms. The maximum atomic E-state index is 12.5. The van der Waals surface area contributed by atoms with Crippen LogP contribution in [0.2, 0.25) is 0 Å². The predicted molar refractivity (Wildman–Crippen MR) is 96.5 cm³/mol.